The topological polar surface area (TPSA) is 8.17 Å². The van der Waals surface area contributed by atoms with Crippen molar-refractivity contribution in [1.82, 2.24) is 9.47 Å². The number of rotatable bonds is 8. The van der Waals surface area contributed by atoms with Gasteiger partial charge in [-0.15, -0.1) is 0 Å². The van der Waals surface area contributed by atoms with Crippen molar-refractivity contribution in [2.75, 3.05) is 13.1 Å². The van der Waals surface area contributed by atoms with Gasteiger partial charge in [-0.2, -0.15) is 0 Å². The van der Waals surface area contributed by atoms with Crippen molar-refractivity contribution in [2.24, 2.45) is 0 Å². The van der Waals surface area contributed by atoms with Gasteiger partial charge in [-0.3, -0.25) is 4.90 Å². The number of nitrogens with zero attached hydrogens (tertiary/aromatic N) is 2. The minimum absolute atomic E-state index is 1.02. The van der Waals surface area contributed by atoms with E-state index >= 15 is 0 Å². The quantitative estimate of drug-likeness (QED) is 0.676. The van der Waals surface area contributed by atoms with Gasteiger partial charge in [0.05, 0.1) is 6.67 Å². The van der Waals surface area contributed by atoms with Crippen LogP contribution in [0, 0.1) is 0 Å². The maximum Gasteiger partial charge on any atom is 0.0751 e. The van der Waals surface area contributed by atoms with Crippen LogP contribution in [0.3, 0.4) is 0 Å². The summed E-state index contributed by atoms with van der Waals surface area (Å²) >= 11 is 0. The number of unbranched alkanes of at least 4 members (excludes halogenated alkanes) is 2. The lowest BCUT2D eigenvalue weighted by Gasteiger charge is -2.23. The van der Waals surface area contributed by atoms with E-state index in [1.54, 1.807) is 0 Å². The second kappa shape index (κ2) is 7.34. The monoisotopic (exact) mass is 258 g/mol. The SMILES string of the molecule is CCCCN(CCCC)Cn1ccc2ccccc21. The Balaban J connectivity index is 2.06. The first-order valence-corrected chi connectivity index (χ1v) is 7.61. The van der Waals surface area contributed by atoms with Crippen molar-refractivity contribution in [3.05, 3.63) is 36.5 Å². The first-order chi connectivity index (χ1) is 9.35. The maximum absolute atomic E-state index is 2.58. The average Bonchev–Trinajstić information content (AvgIpc) is 2.85. The number of para-hydroxylation sites is 1. The molecule has 0 atom stereocenters. The number of benzene rings is 1. The molecule has 104 valence electrons. The summed E-state index contributed by atoms with van der Waals surface area (Å²) in [6.07, 6.45) is 7.35. The summed E-state index contributed by atoms with van der Waals surface area (Å²) in [7, 11) is 0. The van der Waals surface area contributed by atoms with Crippen molar-refractivity contribution in [3.63, 3.8) is 0 Å². The molecule has 0 saturated carbocycles. The van der Waals surface area contributed by atoms with Crippen molar-refractivity contribution in [1.29, 1.82) is 0 Å². The molecule has 2 aromatic rings. The fourth-order valence-electron chi connectivity index (χ4n) is 2.50. The summed E-state index contributed by atoms with van der Waals surface area (Å²) in [6, 6.07) is 10.9. The van der Waals surface area contributed by atoms with E-state index < -0.39 is 0 Å². The fraction of sp³-hybridized carbons (Fsp3) is 0.529. The van der Waals surface area contributed by atoms with Gasteiger partial charge in [0.1, 0.15) is 0 Å². The first-order valence-electron chi connectivity index (χ1n) is 7.61. The van der Waals surface area contributed by atoms with Crippen LogP contribution >= 0.6 is 0 Å². The van der Waals surface area contributed by atoms with Crippen LogP contribution in [-0.2, 0) is 6.67 Å². The summed E-state index contributed by atoms with van der Waals surface area (Å²) in [5.74, 6) is 0. The van der Waals surface area contributed by atoms with Gasteiger partial charge in [-0.05, 0) is 43.5 Å². The van der Waals surface area contributed by atoms with Crippen LogP contribution in [0.4, 0.5) is 0 Å². The van der Waals surface area contributed by atoms with Crippen molar-refractivity contribution in [3.8, 4) is 0 Å². The molecule has 2 nitrogen and oxygen atoms in total. The molecule has 0 fully saturated rings. The summed E-state index contributed by atoms with van der Waals surface area (Å²) in [6.45, 7) is 7.98. The summed E-state index contributed by atoms with van der Waals surface area (Å²) < 4.78 is 2.38. The number of fused-ring (bicyclic) bond motifs is 1. The molecule has 1 aromatic heterocycles. The Morgan fingerprint density at radius 2 is 1.63 bits per heavy atom. The Bertz CT molecular complexity index is 479. The largest absolute Gasteiger partial charge is 0.334 e. The smallest absolute Gasteiger partial charge is 0.0751 e. The standard InChI is InChI=1S/C17H26N2/c1-3-5-12-18(13-6-4-2)15-19-14-11-16-9-7-8-10-17(16)19/h7-11,14H,3-6,12-13,15H2,1-2H3. The second-order valence-electron chi connectivity index (χ2n) is 5.31. The van der Waals surface area contributed by atoms with Gasteiger partial charge in [-0.25, -0.2) is 0 Å². The van der Waals surface area contributed by atoms with Gasteiger partial charge in [0, 0.05) is 11.7 Å². The van der Waals surface area contributed by atoms with E-state index in [-0.39, 0.29) is 0 Å². The Hall–Kier alpha value is -1.28. The lowest BCUT2D eigenvalue weighted by atomic mass is 10.2. The molecular weight excluding hydrogens is 232 g/mol. The Morgan fingerprint density at radius 1 is 0.947 bits per heavy atom. The zero-order valence-corrected chi connectivity index (χ0v) is 12.3. The molecule has 19 heavy (non-hydrogen) atoms. The third-order valence-electron chi connectivity index (χ3n) is 3.69. The number of aromatic nitrogens is 1. The minimum Gasteiger partial charge on any atom is -0.334 e. The second-order valence-corrected chi connectivity index (χ2v) is 5.31. The van der Waals surface area contributed by atoms with E-state index in [4.69, 9.17) is 0 Å². The number of hydrogen-bond donors (Lipinski definition) is 0. The molecule has 2 heteroatoms. The third kappa shape index (κ3) is 3.84. The van der Waals surface area contributed by atoms with Crippen molar-refractivity contribution >= 4 is 10.9 Å². The normalized spacial score (nSPS) is 11.5. The Morgan fingerprint density at radius 3 is 2.32 bits per heavy atom. The third-order valence-corrected chi connectivity index (χ3v) is 3.69. The molecule has 0 amide bonds. The van der Waals surface area contributed by atoms with Crippen LogP contribution in [0.1, 0.15) is 39.5 Å². The van der Waals surface area contributed by atoms with E-state index in [0.29, 0.717) is 0 Å². The van der Waals surface area contributed by atoms with Crippen LogP contribution in [0.15, 0.2) is 36.5 Å². The Kier molecular flexibility index (Phi) is 5.46. The van der Waals surface area contributed by atoms with Crippen molar-refractivity contribution in [2.45, 2.75) is 46.2 Å². The first kappa shape index (κ1) is 14.1. The maximum atomic E-state index is 2.58. The highest BCUT2D eigenvalue weighted by Crippen LogP contribution is 2.16. The lowest BCUT2D eigenvalue weighted by Crippen LogP contribution is -2.28. The van der Waals surface area contributed by atoms with E-state index in [1.165, 1.54) is 49.7 Å². The zero-order chi connectivity index (χ0) is 13.5. The molecule has 0 radical (unpaired) electrons. The van der Waals surface area contributed by atoms with E-state index in [0.717, 1.165) is 6.67 Å². The predicted octanol–water partition coefficient (Wildman–Crippen LogP) is 4.50. The van der Waals surface area contributed by atoms with Crippen LogP contribution in [0.2, 0.25) is 0 Å². The van der Waals surface area contributed by atoms with Gasteiger partial charge >= 0.3 is 0 Å². The van der Waals surface area contributed by atoms with E-state index in [9.17, 15) is 0 Å². The van der Waals surface area contributed by atoms with Gasteiger partial charge < -0.3 is 4.57 Å². The molecular formula is C17H26N2. The van der Waals surface area contributed by atoms with Gasteiger partial charge in [0.15, 0.2) is 0 Å². The summed E-state index contributed by atoms with van der Waals surface area (Å²) in [5, 5.41) is 1.34. The molecule has 0 N–H and O–H groups in total. The highest BCUT2D eigenvalue weighted by atomic mass is 15.2. The Labute approximate surface area is 117 Å². The van der Waals surface area contributed by atoms with Gasteiger partial charge in [-0.1, -0.05) is 44.9 Å². The molecule has 0 aliphatic carbocycles. The predicted molar refractivity (Wildman–Crippen MR) is 83.3 cm³/mol. The highest BCUT2D eigenvalue weighted by molar-refractivity contribution is 5.79. The van der Waals surface area contributed by atoms with Crippen LogP contribution < -0.4 is 0 Å². The highest BCUT2D eigenvalue weighted by Gasteiger charge is 2.06. The molecule has 0 spiro atoms. The molecule has 0 aliphatic heterocycles. The summed E-state index contributed by atoms with van der Waals surface area (Å²) in [5.41, 5.74) is 1.35. The molecule has 1 aromatic carbocycles. The average molecular weight is 258 g/mol. The molecule has 0 bridgehead atoms. The fourth-order valence-corrected chi connectivity index (χ4v) is 2.50. The van der Waals surface area contributed by atoms with Gasteiger partial charge in [0.25, 0.3) is 0 Å². The minimum atomic E-state index is 1.02. The van der Waals surface area contributed by atoms with E-state index in [2.05, 4.69) is 59.8 Å². The van der Waals surface area contributed by atoms with Crippen LogP contribution in [0.5, 0.6) is 0 Å². The molecule has 0 saturated heterocycles. The van der Waals surface area contributed by atoms with Crippen LogP contribution in [0.25, 0.3) is 10.9 Å². The molecule has 2 rings (SSSR count). The molecule has 0 unspecified atom stereocenters. The van der Waals surface area contributed by atoms with E-state index in [1.807, 2.05) is 0 Å². The van der Waals surface area contributed by atoms with Crippen molar-refractivity contribution < 1.29 is 0 Å². The lowest BCUT2D eigenvalue weighted by molar-refractivity contribution is 0.215. The zero-order valence-electron chi connectivity index (χ0n) is 12.3. The van der Waals surface area contributed by atoms with Crippen LogP contribution in [-0.4, -0.2) is 22.6 Å². The molecule has 1 heterocycles. The van der Waals surface area contributed by atoms with Gasteiger partial charge in [0.2, 0.25) is 0 Å². The summed E-state index contributed by atoms with van der Waals surface area (Å²) in [4.78, 5) is 2.58. The molecule has 0 aliphatic rings. The number of hydrogen-bond acceptors (Lipinski definition) is 1.